The van der Waals surface area contributed by atoms with Crippen molar-refractivity contribution in [3.8, 4) is 0 Å². The molecule has 0 amide bonds. The third-order valence-electron chi connectivity index (χ3n) is 5.05. The summed E-state index contributed by atoms with van der Waals surface area (Å²) < 4.78 is 0. The van der Waals surface area contributed by atoms with E-state index < -0.39 is 0 Å². The molecule has 1 fully saturated rings. The Hall–Kier alpha value is -0.900. The average molecular weight is 259 g/mol. The van der Waals surface area contributed by atoms with E-state index in [4.69, 9.17) is 5.73 Å². The van der Waals surface area contributed by atoms with Crippen LogP contribution in [-0.2, 0) is 12.8 Å². The normalized spacial score (nSPS) is 29.2. The smallest absolute Gasteiger partial charge is 0.0376 e. The van der Waals surface area contributed by atoms with Crippen LogP contribution in [-0.4, -0.2) is 55.1 Å². The topological polar surface area (TPSA) is 32.5 Å². The largest absolute Gasteiger partial charge is 0.329 e. The summed E-state index contributed by atoms with van der Waals surface area (Å²) in [5.41, 5.74) is 9.45. The molecule has 3 heteroatoms. The predicted molar refractivity (Wildman–Crippen MR) is 79.3 cm³/mol. The summed E-state index contributed by atoms with van der Waals surface area (Å²) in [6.45, 7) is 5.45. The van der Waals surface area contributed by atoms with Crippen molar-refractivity contribution >= 4 is 0 Å². The van der Waals surface area contributed by atoms with Crippen LogP contribution in [0.15, 0.2) is 24.3 Å². The van der Waals surface area contributed by atoms with Gasteiger partial charge in [0.25, 0.3) is 0 Å². The molecule has 104 valence electrons. The van der Waals surface area contributed by atoms with Gasteiger partial charge < -0.3 is 10.6 Å². The lowest BCUT2D eigenvalue weighted by atomic mass is 9.76. The Labute approximate surface area is 116 Å². The van der Waals surface area contributed by atoms with E-state index in [2.05, 4.69) is 41.1 Å². The molecule has 3 rings (SSSR count). The van der Waals surface area contributed by atoms with Crippen molar-refractivity contribution in [2.24, 2.45) is 5.73 Å². The van der Waals surface area contributed by atoms with E-state index in [0.717, 1.165) is 26.1 Å². The molecule has 0 spiro atoms. The lowest BCUT2D eigenvalue weighted by Gasteiger charge is -2.49. The van der Waals surface area contributed by atoms with Crippen molar-refractivity contribution in [1.82, 2.24) is 9.80 Å². The van der Waals surface area contributed by atoms with Crippen LogP contribution >= 0.6 is 0 Å². The summed E-state index contributed by atoms with van der Waals surface area (Å²) in [7, 11) is 2.21. The predicted octanol–water partition coefficient (Wildman–Crippen LogP) is 1.12. The Bertz CT molecular complexity index is 437. The van der Waals surface area contributed by atoms with Crippen LogP contribution in [0.2, 0.25) is 0 Å². The maximum absolute atomic E-state index is 6.21. The number of rotatable bonds is 2. The third kappa shape index (κ3) is 2.42. The quantitative estimate of drug-likeness (QED) is 0.864. The van der Waals surface area contributed by atoms with E-state index in [-0.39, 0.29) is 5.54 Å². The highest BCUT2D eigenvalue weighted by atomic mass is 15.3. The number of likely N-dealkylation sites (N-methyl/N-ethyl adjacent to an activating group) is 1. The van der Waals surface area contributed by atoms with Crippen molar-refractivity contribution in [3.05, 3.63) is 35.4 Å². The lowest BCUT2D eigenvalue weighted by Crippen LogP contribution is -2.61. The first kappa shape index (κ1) is 13.1. The maximum Gasteiger partial charge on any atom is 0.0376 e. The number of hydrogen-bond acceptors (Lipinski definition) is 3. The van der Waals surface area contributed by atoms with Gasteiger partial charge in [-0.25, -0.2) is 0 Å². The Balaban J connectivity index is 1.81. The molecule has 2 aliphatic rings. The van der Waals surface area contributed by atoms with Crippen molar-refractivity contribution in [2.75, 3.05) is 39.8 Å². The van der Waals surface area contributed by atoms with Gasteiger partial charge in [-0.1, -0.05) is 24.3 Å². The summed E-state index contributed by atoms with van der Waals surface area (Å²) in [5, 5.41) is 0. The summed E-state index contributed by atoms with van der Waals surface area (Å²) in [6, 6.07) is 8.88. The zero-order chi connectivity index (χ0) is 13.3. The van der Waals surface area contributed by atoms with Gasteiger partial charge in [0.15, 0.2) is 0 Å². The van der Waals surface area contributed by atoms with Gasteiger partial charge in [0.2, 0.25) is 0 Å². The van der Waals surface area contributed by atoms with E-state index >= 15 is 0 Å². The fourth-order valence-corrected chi connectivity index (χ4v) is 3.64. The van der Waals surface area contributed by atoms with Crippen LogP contribution in [0.1, 0.15) is 17.5 Å². The lowest BCUT2D eigenvalue weighted by molar-refractivity contribution is 0.0348. The number of fused-ring (bicyclic) bond motifs is 1. The van der Waals surface area contributed by atoms with Gasteiger partial charge in [0, 0.05) is 38.3 Å². The highest BCUT2D eigenvalue weighted by Gasteiger charge is 2.39. The van der Waals surface area contributed by atoms with Gasteiger partial charge in [-0.2, -0.15) is 0 Å². The molecule has 0 aromatic heterocycles. The Morgan fingerprint density at radius 2 is 1.79 bits per heavy atom. The SMILES string of the molecule is CN1CCN(C2(CN)CCc3ccccc3C2)CC1. The average Bonchev–Trinajstić information content (AvgIpc) is 2.47. The Morgan fingerprint density at radius 1 is 1.11 bits per heavy atom. The van der Waals surface area contributed by atoms with Crippen molar-refractivity contribution < 1.29 is 0 Å². The third-order valence-corrected chi connectivity index (χ3v) is 5.05. The summed E-state index contributed by atoms with van der Waals surface area (Å²) >= 11 is 0. The summed E-state index contributed by atoms with van der Waals surface area (Å²) in [6.07, 6.45) is 3.52. The van der Waals surface area contributed by atoms with E-state index in [1.807, 2.05) is 0 Å². The zero-order valence-corrected chi connectivity index (χ0v) is 11.9. The molecule has 1 aliphatic carbocycles. The van der Waals surface area contributed by atoms with E-state index in [1.54, 1.807) is 0 Å². The fourth-order valence-electron chi connectivity index (χ4n) is 3.64. The van der Waals surface area contributed by atoms with Crippen LogP contribution in [0.4, 0.5) is 0 Å². The first-order valence-corrected chi connectivity index (χ1v) is 7.44. The van der Waals surface area contributed by atoms with Crippen LogP contribution in [0, 0.1) is 0 Å². The first-order chi connectivity index (χ1) is 9.23. The van der Waals surface area contributed by atoms with E-state index in [9.17, 15) is 0 Å². The number of benzene rings is 1. The van der Waals surface area contributed by atoms with Crippen LogP contribution in [0.5, 0.6) is 0 Å². The second-order valence-electron chi connectivity index (χ2n) is 6.16. The van der Waals surface area contributed by atoms with Crippen LogP contribution < -0.4 is 5.73 Å². The molecule has 3 nitrogen and oxygen atoms in total. The van der Waals surface area contributed by atoms with Crippen molar-refractivity contribution in [3.63, 3.8) is 0 Å². The standard InChI is InChI=1S/C16H25N3/c1-18-8-10-19(11-9-18)16(13-17)7-6-14-4-2-3-5-15(14)12-16/h2-5H,6-13,17H2,1H3. The number of nitrogens with zero attached hydrogens (tertiary/aromatic N) is 2. The molecule has 1 aromatic carbocycles. The highest BCUT2D eigenvalue weighted by Crippen LogP contribution is 2.33. The molecule has 1 aromatic rings. The molecule has 0 saturated carbocycles. The van der Waals surface area contributed by atoms with Crippen LogP contribution in [0.25, 0.3) is 0 Å². The minimum absolute atomic E-state index is 0.204. The molecular formula is C16H25N3. The monoisotopic (exact) mass is 259 g/mol. The second-order valence-corrected chi connectivity index (χ2v) is 6.16. The van der Waals surface area contributed by atoms with Crippen LogP contribution in [0.3, 0.4) is 0 Å². The highest BCUT2D eigenvalue weighted by molar-refractivity contribution is 5.32. The minimum Gasteiger partial charge on any atom is -0.329 e. The molecule has 0 bridgehead atoms. The molecule has 1 aliphatic heterocycles. The Morgan fingerprint density at radius 3 is 2.47 bits per heavy atom. The van der Waals surface area contributed by atoms with Gasteiger partial charge >= 0.3 is 0 Å². The second kappa shape index (κ2) is 5.23. The van der Waals surface area contributed by atoms with Gasteiger partial charge in [-0.05, 0) is 37.4 Å². The molecule has 1 atom stereocenters. The van der Waals surface area contributed by atoms with Gasteiger partial charge in [-0.15, -0.1) is 0 Å². The van der Waals surface area contributed by atoms with E-state index in [1.165, 1.54) is 37.1 Å². The minimum atomic E-state index is 0.204. The molecule has 1 unspecified atom stereocenters. The summed E-state index contributed by atoms with van der Waals surface area (Å²) in [5.74, 6) is 0. The first-order valence-electron chi connectivity index (χ1n) is 7.44. The van der Waals surface area contributed by atoms with Gasteiger partial charge in [0.05, 0.1) is 0 Å². The number of piperazine rings is 1. The zero-order valence-electron chi connectivity index (χ0n) is 11.9. The molecular weight excluding hydrogens is 234 g/mol. The fraction of sp³-hybridized carbons (Fsp3) is 0.625. The molecule has 1 heterocycles. The summed E-state index contributed by atoms with van der Waals surface area (Å²) in [4.78, 5) is 5.07. The molecule has 0 radical (unpaired) electrons. The van der Waals surface area contributed by atoms with Crippen molar-refractivity contribution in [2.45, 2.75) is 24.8 Å². The Kier molecular flexibility index (Phi) is 3.61. The van der Waals surface area contributed by atoms with Gasteiger partial charge in [0.1, 0.15) is 0 Å². The van der Waals surface area contributed by atoms with Crippen molar-refractivity contribution in [1.29, 1.82) is 0 Å². The number of nitrogens with two attached hydrogens (primary N) is 1. The number of aryl methyl sites for hydroxylation is 1. The van der Waals surface area contributed by atoms with Gasteiger partial charge in [-0.3, -0.25) is 4.90 Å². The molecule has 19 heavy (non-hydrogen) atoms. The number of hydrogen-bond donors (Lipinski definition) is 1. The van der Waals surface area contributed by atoms with E-state index in [0.29, 0.717) is 0 Å². The molecule has 1 saturated heterocycles. The maximum atomic E-state index is 6.21. The molecule has 2 N–H and O–H groups in total.